The molecular weight excluding hydrogens is 233 g/mol. The summed E-state index contributed by atoms with van der Waals surface area (Å²) in [4.78, 5) is 0. The molecule has 0 aliphatic carbocycles. The normalized spacial score (nSPS) is 10.8. The Bertz CT molecular complexity index is 479. The van der Waals surface area contributed by atoms with Gasteiger partial charge in [0.05, 0.1) is 13.2 Å². The van der Waals surface area contributed by atoms with Crippen molar-refractivity contribution in [2.75, 3.05) is 20.3 Å². The summed E-state index contributed by atoms with van der Waals surface area (Å²) in [5, 5.41) is 3.20. The summed E-state index contributed by atoms with van der Waals surface area (Å²) < 4.78 is 23.4. The molecule has 0 spiro atoms. The van der Waals surface area contributed by atoms with Crippen molar-refractivity contribution >= 4 is 0 Å². The van der Waals surface area contributed by atoms with Crippen molar-refractivity contribution in [1.82, 2.24) is 5.32 Å². The molecule has 1 aromatic carbocycles. The molecule has 0 aliphatic heterocycles. The highest BCUT2D eigenvalue weighted by molar-refractivity contribution is 5.57. The largest absolute Gasteiger partial charge is 0.460 e. The number of nitrogens with one attached hydrogen (secondary N) is 1. The monoisotopic (exact) mass is 249 g/mol. The van der Waals surface area contributed by atoms with E-state index in [0.29, 0.717) is 13.2 Å². The van der Waals surface area contributed by atoms with E-state index in [-0.39, 0.29) is 5.82 Å². The Morgan fingerprint density at radius 3 is 2.67 bits per heavy atom. The van der Waals surface area contributed by atoms with E-state index in [1.807, 2.05) is 12.1 Å². The van der Waals surface area contributed by atoms with Gasteiger partial charge in [-0.3, -0.25) is 0 Å². The highest BCUT2D eigenvalue weighted by Crippen LogP contribution is 2.22. The van der Waals surface area contributed by atoms with Crippen molar-refractivity contribution in [2.24, 2.45) is 0 Å². The van der Waals surface area contributed by atoms with Gasteiger partial charge in [0.15, 0.2) is 0 Å². The van der Waals surface area contributed by atoms with Crippen LogP contribution in [0.4, 0.5) is 4.39 Å². The molecule has 0 atom stereocenters. The number of benzene rings is 1. The van der Waals surface area contributed by atoms with Crippen molar-refractivity contribution in [3.63, 3.8) is 0 Å². The zero-order valence-corrected chi connectivity index (χ0v) is 10.3. The molecule has 0 saturated carbocycles. The summed E-state index contributed by atoms with van der Waals surface area (Å²) in [7, 11) is 1.67. The van der Waals surface area contributed by atoms with Gasteiger partial charge < -0.3 is 14.5 Å². The summed E-state index contributed by atoms with van der Waals surface area (Å²) in [5.74, 6) is 1.36. The van der Waals surface area contributed by atoms with E-state index in [1.165, 1.54) is 12.1 Å². The molecule has 0 saturated heterocycles. The van der Waals surface area contributed by atoms with Crippen LogP contribution in [0.5, 0.6) is 0 Å². The van der Waals surface area contributed by atoms with Crippen LogP contribution in [0.1, 0.15) is 5.76 Å². The summed E-state index contributed by atoms with van der Waals surface area (Å²) >= 11 is 0. The van der Waals surface area contributed by atoms with Crippen molar-refractivity contribution in [3.05, 3.63) is 48.0 Å². The van der Waals surface area contributed by atoms with Crippen LogP contribution in [0.15, 0.2) is 40.8 Å². The van der Waals surface area contributed by atoms with Crippen LogP contribution in [0.3, 0.4) is 0 Å². The molecule has 0 amide bonds. The third-order valence-corrected chi connectivity index (χ3v) is 2.57. The average Bonchev–Trinajstić information content (AvgIpc) is 2.84. The molecule has 3 nitrogen and oxygen atoms in total. The topological polar surface area (TPSA) is 34.4 Å². The smallest absolute Gasteiger partial charge is 0.134 e. The van der Waals surface area contributed by atoms with Gasteiger partial charge in [-0.25, -0.2) is 4.39 Å². The van der Waals surface area contributed by atoms with E-state index in [1.54, 1.807) is 19.2 Å². The zero-order chi connectivity index (χ0) is 12.8. The molecule has 4 heteroatoms. The van der Waals surface area contributed by atoms with E-state index in [9.17, 15) is 4.39 Å². The average molecular weight is 249 g/mol. The van der Waals surface area contributed by atoms with E-state index in [2.05, 4.69) is 5.32 Å². The highest BCUT2D eigenvalue weighted by atomic mass is 19.1. The van der Waals surface area contributed by atoms with Gasteiger partial charge in [-0.2, -0.15) is 0 Å². The standard InChI is InChI=1S/C14H16FNO2/c1-17-9-8-16-10-13-6-7-14(18-13)11-2-4-12(15)5-3-11/h2-7,16H,8-10H2,1H3. The van der Waals surface area contributed by atoms with E-state index < -0.39 is 0 Å². The first-order valence-corrected chi connectivity index (χ1v) is 5.84. The van der Waals surface area contributed by atoms with Crippen molar-refractivity contribution in [2.45, 2.75) is 6.54 Å². The summed E-state index contributed by atoms with van der Waals surface area (Å²) in [5.41, 5.74) is 0.875. The molecule has 2 aromatic rings. The third kappa shape index (κ3) is 3.42. The second-order valence-corrected chi connectivity index (χ2v) is 3.94. The van der Waals surface area contributed by atoms with Crippen molar-refractivity contribution < 1.29 is 13.5 Å². The van der Waals surface area contributed by atoms with Crippen LogP contribution in [0.2, 0.25) is 0 Å². The molecule has 0 unspecified atom stereocenters. The van der Waals surface area contributed by atoms with Crippen LogP contribution >= 0.6 is 0 Å². The molecular formula is C14H16FNO2. The van der Waals surface area contributed by atoms with Gasteiger partial charge in [0, 0.05) is 19.2 Å². The van der Waals surface area contributed by atoms with Crippen LogP contribution in [-0.4, -0.2) is 20.3 Å². The maximum absolute atomic E-state index is 12.8. The van der Waals surface area contributed by atoms with Crippen molar-refractivity contribution in [1.29, 1.82) is 0 Å². The summed E-state index contributed by atoms with van der Waals surface area (Å²) in [6.45, 7) is 2.11. The molecule has 1 heterocycles. The Kier molecular flexibility index (Phi) is 4.50. The zero-order valence-electron chi connectivity index (χ0n) is 10.3. The number of hydrogen-bond acceptors (Lipinski definition) is 3. The Balaban J connectivity index is 1.95. The lowest BCUT2D eigenvalue weighted by molar-refractivity contribution is 0.198. The lowest BCUT2D eigenvalue weighted by Crippen LogP contribution is -2.18. The van der Waals surface area contributed by atoms with Gasteiger partial charge in [0.2, 0.25) is 0 Å². The number of ether oxygens (including phenoxy) is 1. The Morgan fingerprint density at radius 2 is 1.94 bits per heavy atom. The lowest BCUT2D eigenvalue weighted by atomic mass is 10.2. The third-order valence-electron chi connectivity index (χ3n) is 2.57. The molecule has 0 bridgehead atoms. The Labute approximate surface area is 106 Å². The molecule has 96 valence electrons. The first-order chi connectivity index (χ1) is 8.79. The minimum Gasteiger partial charge on any atom is -0.460 e. The summed E-state index contributed by atoms with van der Waals surface area (Å²) in [6.07, 6.45) is 0. The Morgan fingerprint density at radius 1 is 1.17 bits per heavy atom. The van der Waals surface area contributed by atoms with Crippen LogP contribution in [0.25, 0.3) is 11.3 Å². The number of rotatable bonds is 6. The number of methoxy groups -OCH3 is 1. The van der Waals surface area contributed by atoms with Crippen LogP contribution in [0, 0.1) is 5.82 Å². The number of furan rings is 1. The van der Waals surface area contributed by atoms with Gasteiger partial charge in [-0.05, 0) is 36.4 Å². The first-order valence-electron chi connectivity index (χ1n) is 5.84. The van der Waals surface area contributed by atoms with Gasteiger partial charge in [0.1, 0.15) is 17.3 Å². The molecule has 2 rings (SSSR count). The number of halogens is 1. The Hall–Kier alpha value is -1.65. The molecule has 1 aromatic heterocycles. The van der Waals surface area contributed by atoms with E-state index in [0.717, 1.165) is 23.6 Å². The second-order valence-electron chi connectivity index (χ2n) is 3.94. The van der Waals surface area contributed by atoms with Gasteiger partial charge in [-0.15, -0.1) is 0 Å². The fraction of sp³-hybridized carbons (Fsp3) is 0.286. The number of hydrogen-bond donors (Lipinski definition) is 1. The molecule has 0 radical (unpaired) electrons. The van der Waals surface area contributed by atoms with Crippen molar-refractivity contribution in [3.8, 4) is 11.3 Å². The van der Waals surface area contributed by atoms with Crippen LogP contribution < -0.4 is 5.32 Å². The lowest BCUT2D eigenvalue weighted by Gasteiger charge is -2.01. The minimum atomic E-state index is -0.244. The fourth-order valence-electron chi connectivity index (χ4n) is 1.63. The quantitative estimate of drug-likeness (QED) is 0.799. The van der Waals surface area contributed by atoms with Crippen LogP contribution in [-0.2, 0) is 11.3 Å². The van der Waals surface area contributed by atoms with E-state index >= 15 is 0 Å². The minimum absolute atomic E-state index is 0.244. The predicted octanol–water partition coefficient (Wildman–Crippen LogP) is 2.82. The SMILES string of the molecule is COCCNCc1ccc(-c2ccc(F)cc2)o1. The first kappa shape index (κ1) is 12.8. The maximum atomic E-state index is 12.8. The molecule has 0 fully saturated rings. The van der Waals surface area contributed by atoms with Gasteiger partial charge >= 0.3 is 0 Å². The second kappa shape index (κ2) is 6.33. The molecule has 18 heavy (non-hydrogen) atoms. The molecule has 1 N–H and O–H groups in total. The maximum Gasteiger partial charge on any atom is 0.134 e. The van der Waals surface area contributed by atoms with E-state index in [4.69, 9.17) is 9.15 Å². The summed E-state index contributed by atoms with van der Waals surface area (Å²) in [6, 6.07) is 10.1. The van der Waals surface area contributed by atoms with Gasteiger partial charge in [0.25, 0.3) is 0 Å². The fourth-order valence-corrected chi connectivity index (χ4v) is 1.63. The predicted molar refractivity (Wildman–Crippen MR) is 67.7 cm³/mol. The van der Waals surface area contributed by atoms with Gasteiger partial charge in [-0.1, -0.05) is 0 Å². The molecule has 0 aliphatic rings. The highest BCUT2D eigenvalue weighted by Gasteiger charge is 2.04.